The zero-order valence-electron chi connectivity index (χ0n) is 10.6. The van der Waals surface area contributed by atoms with Crippen molar-refractivity contribution < 1.29 is 13.9 Å². The summed E-state index contributed by atoms with van der Waals surface area (Å²) in [5, 5.41) is 2.98. The summed E-state index contributed by atoms with van der Waals surface area (Å²) < 4.78 is 10.3. The van der Waals surface area contributed by atoms with E-state index in [0.29, 0.717) is 18.1 Å². The zero-order chi connectivity index (χ0) is 13.0. The Morgan fingerprint density at radius 1 is 1.44 bits per heavy atom. The fourth-order valence-corrected chi connectivity index (χ4v) is 2.24. The highest BCUT2D eigenvalue weighted by Crippen LogP contribution is 2.18. The van der Waals surface area contributed by atoms with Crippen LogP contribution >= 0.6 is 0 Å². The van der Waals surface area contributed by atoms with Gasteiger partial charge >= 0.3 is 0 Å². The van der Waals surface area contributed by atoms with Crippen molar-refractivity contribution in [2.45, 2.75) is 44.4 Å². The number of hydrogen-bond donors (Lipinski definition) is 2. The third-order valence-corrected chi connectivity index (χ3v) is 3.28. The van der Waals surface area contributed by atoms with Gasteiger partial charge in [0.2, 0.25) is 0 Å². The highest BCUT2D eigenvalue weighted by molar-refractivity contribution is 5.91. The van der Waals surface area contributed by atoms with Crippen molar-refractivity contribution in [2.75, 3.05) is 7.11 Å². The number of amides is 1. The van der Waals surface area contributed by atoms with Crippen molar-refractivity contribution in [1.82, 2.24) is 5.32 Å². The van der Waals surface area contributed by atoms with E-state index >= 15 is 0 Å². The topological polar surface area (TPSA) is 77.5 Å². The molecule has 5 heteroatoms. The largest absolute Gasteiger partial charge is 0.453 e. The van der Waals surface area contributed by atoms with E-state index in [1.165, 1.54) is 0 Å². The fraction of sp³-hybridized carbons (Fsp3) is 0.615. The quantitative estimate of drug-likeness (QED) is 0.849. The number of nitrogens with one attached hydrogen (secondary N) is 1. The summed E-state index contributed by atoms with van der Waals surface area (Å²) in [6, 6.07) is 3.94. The third-order valence-electron chi connectivity index (χ3n) is 3.28. The standard InChI is InChI=1S/C13H20N2O3/c1-17-8-11-6-7-12(18-11)13(16)15-10-4-2-9(14)3-5-10/h6-7,9-10H,2-5,8,14H2,1H3,(H,15,16). The van der Waals surface area contributed by atoms with Gasteiger partial charge in [0, 0.05) is 19.2 Å². The molecular formula is C13H20N2O3. The molecule has 1 fully saturated rings. The third kappa shape index (κ3) is 3.34. The van der Waals surface area contributed by atoms with Crippen molar-refractivity contribution in [1.29, 1.82) is 0 Å². The maximum atomic E-state index is 11.9. The second-order valence-electron chi connectivity index (χ2n) is 4.78. The summed E-state index contributed by atoms with van der Waals surface area (Å²) in [6.45, 7) is 0.381. The molecule has 2 rings (SSSR count). The Morgan fingerprint density at radius 3 is 2.83 bits per heavy atom. The van der Waals surface area contributed by atoms with Crippen LogP contribution in [0, 0.1) is 0 Å². The van der Waals surface area contributed by atoms with Crippen LogP contribution in [-0.4, -0.2) is 25.1 Å². The van der Waals surface area contributed by atoms with Crippen LogP contribution in [0.4, 0.5) is 0 Å². The first kappa shape index (κ1) is 13.1. The van der Waals surface area contributed by atoms with Gasteiger partial charge in [0.1, 0.15) is 12.4 Å². The van der Waals surface area contributed by atoms with E-state index in [2.05, 4.69) is 5.32 Å². The van der Waals surface area contributed by atoms with Crippen molar-refractivity contribution in [2.24, 2.45) is 5.73 Å². The van der Waals surface area contributed by atoms with Crippen molar-refractivity contribution in [3.63, 3.8) is 0 Å². The molecule has 0 bridgehead atoms. The van der Waals surface area contributed by atoms with Crippen LogP contribution in [-0.2, 0) is 11.3 Å². The normalized spacial score (nSPS) is 23.9. The number of furan rings is 1. The van der Waals surface area contributed by atoms with Gasteiger partial charge in [0.25, 0.3) is 5.91 Å². The molecule has 5 nitrogen and oxygen atoms in total. The minimum absolute atomic E-state index is 0.155. The van der Waals surface area contributed by atoms with Crippen LogP contribution in [0.5, 0.6) is 0 Å². The molecule has 0 aromatic carbocycles. The number of ether oxygens (including phenoxy) is 1. The Labute approximate surface area is 107 Å². The molecule has 1 aliphatic carbocycles. The first-order valence-corrected chi connectivity index (χ1v) is 6.33. The number of hydrogen-bond acceptors (Lipinski definition) is 4. The van der Waals surface area contributed by atoms with E-state index in [4.69, 9.17) is 14.9 Å². The summed E-state index contributed by atoms with van der Waals surface area (Å²) in [4.78, 5) is 11.9. The molecule has 0 unspecified atom stereocenters. The molecule has 18 heavy (non-hydrogen) atoms. The lowest BCUT2D eigenvalue weighted by Gasteiger charge is -2.26. The summed E-state index contributed by atoms with van der Waals surface area (Å²) >= 11 is 0. The number of nitrogens with two attached hydrogens (primary N) is 1. The number of carbonyl (C=O) groups excluding carboxylic acids is 1. The maximum absolute atomic E-state index is 11.9. The molecule has 0 atom stereocenters. The van der Waals surface area contributed by atoms with E-state index in [-0.39, 0.29) is 18.0 Å². The monoisotopic (exact) mass is 252 g/mol. The van der Waals surface area contributed by atoms with Gasteiger partial charge in [-0.25, -0.2) is 0 Å². The molecule has 1 heterocycles. The van der Waals surface area contributed by atoms with E-state index < -0.39 is 0 Å². The first-order valence-electron chi connectivity index (χ1n) is 6.33. The highest BCUT2D eigenvalue weighted by Gasteiger charge is 2.21. The average molecular weight is 252 g/mol. The lowest BCUT2D eigenvalue weighted by molar-refractivity contribution is 0.0889. The maximum Gasteiger partial charge on any atom is 0.287 e. The fourth-order valence-electron chi connectivity index (χ4n) is 2.24. The van der Waals surface area contributed by atoms with Gasteiger partial charge in [-0.1, -0.05) is 0 Å². The summed E-state index contributed by atoms with van der Waals surface area (Å²) in [5.74, 6) is 0.850. The van der Waals surface area contributed by atoms with Crippen LogP contribution in [0.2, 0.25) is 0 Å². The molecule has 0 spiro atoms. The number of carbonyl (C=O) groups is 1. The van der Waals surface area contributed by atoms with E-state index in [9.17, 15) is 4.79 Å². The van der Waals surface area contributed by atoms with Crippen LogP contribution in [0.3, 0.4) is 0 Å². The highest BCUT2D eigenvalue weighted by atomic mass is 16.5. The van der Waals surface area contributed by atoms with Crippen molar-refractivity contribution >= 4 is 5.91 Å². The van der Waals surface area contributed by atoms with Gasteiger partial charge in [-0.05, 0) is 37.8 Å². The van der Waals surface area contributed by atoms with Crippen LogP contribution in [0.1, 0.15) is 42.0 Å². The lowest BCUT2D eigenvalue weighted by Crippen LogP contribution is -2.40. The SMILES string of the molecule is COCc1ccc(C(=O)NC2CCC(N)CC2)o1. The summed E-state index contributed by atoms with van der Waals surface area (Å²) in [6.07, 6.45) is 3.83. The molecule has 1 saturated carbocycles. The Bertz CT molecular complexity index is 395. The number of rotatable bonds is 4. The van der Waals surface area contributed by atoms with E-state index in [0.717, 1.165) is 25.7 Å². The minimum Gasteiger partial charge on any atom is -0.453 e. The van der Waals surface area contributed by atoms with Gasteiger partial charge in [-0.15, -0.1) is 0 Å². The van der Waals surface area contributed by atoms with E-state index in [1.807, 2.05) is 0 Å². The second-order valence-corrected chi connectivity index (χ2v) is 4.78. The second kappa shape index (κ2) is 6.02. The average Bonchev–Trinajstić information content (AvgIpc) is 2.81. The molecule has 100 valence electrons. The summed E-state index contributed by atoms with van der Waals surface area (Å²) in [5.41, 5.74) is 5.83. The Hall–Kier alpha value is -1.33. The smallest absolute Gasteiger partial charge is 0.287 e. The lowest BCUT2D eigenvalue weighted by atomic mass is 9.92. The predicted octanol–water partition coefficient (Wildman–Crippen LogP) is 1.43. The zero-order valence-corrected chi connectivity index (χ0v) is 10.6. The minimum atomic E-state index is -0.155. The first-order chi connectivity index (χ1) is 8.69. The Balaban J connectivity index is 1.86. The van der Waals surface area contributed by atoms with Crippen molar-refractivity contribution in [3.05, 3.63) is 23.7 Å². The molecule has 1 aromatic heterocycles. The van der Waals surface area contributed by atoms with Gasteiger partial charge in [-0.3, -0.25) is 4.79 Å². The molecule has 1 aliphatic rings. The van der Waals surface area contributed by atoms with Crippen LogP contribution in [0.15, 0.2) is 16.5 Å². The van der Waals surface area contributed by atoms with Crippen molar-refractivity contribution in [3.8, 4) is 0 Å². The molecular weight excluding hydrogens is 232 g/mol. The predicted molar refractivity (Wildman–Crippen MR) is 67.1 cm³/mol. The van der Waals surface area contributed by atoms with Gasteiger partial charge in [0.05, 0.1) is 0 Å². The van der Waals surface area contributed by atoms with Gasteiger partial charge in [-0.2, -0.15) is 0 Å². The van der Waals surface area contributed by atoms with Crippen LogP contribution in [0.25, 0.3) is 0 Å². The van der Waals surface area contributed by atoms with Gasteiger partial charge in [0.15, 0.2) is 5.76 Å². The summed E-state index contributed by atoms with van der Waals surface area (Å²) in [7, 11) is 1.59. The molecule has 1 amide bonds. The molecule has 0 saturated heterocycles. The number of methoxy groups -OCH3 is 1. The molecule has 0 aliphatic heterocycles. The molecule has 3 N–H and O–H groups in total. The van der Waals surface area contributed by atoms with Gasteiger partial charge < -0.3 is 20.2 Å². The van der Waals surface area contributed by atoms with E-state index in [1.54, 1.807) is 19.2 Å². The Kier molecular flexibility index (Phi) is 4.38. The molecule has 1 aromatic rings. The Morgan fingerprint density at radius 2 is 2.17 bits per heavy atom. The molecule has 0 radical (unpaired) electrons. The van der Waals surface area contributed by atoms with Crippen LogP contribution < -0.4 is 11.1 Å².